The summed E-state index contributed by atoms with van der Waals surface area (Å²) in [6.45, 7) is 3.40. The van der Waals surface area contributed by atoms with Crippen molar-refractivity contribution < 1.29 is 38.6 Å². The number of ether oxygens (including phenoxy) is 2. The van der Waals surface area contributed by atoms with Crippen LogP contribution < -0.4 is 10.1 Å². The third-order valence-corrected chi connectivity index (χ3v) is 7.65. The van der Waals surface area contributed by atoms with Crippen LogP contribution in [0.5, 0.6) is 5.75 Å². The van der Waals surface area contributed by atoms with Gasteiger partial charge in [0.05, 0.1) is 45.8 Å². The third-order valence-electron chi connectivity index (χ3n) is 7.37. The molecule has 0 fully saturated rings. The van der Waals surface area contributed by atoms with Crippen molar-refractivity contribution in [1.29, 1.82) is 0 Å². The zero-order valence-corrected chi connectivity index (χ0v) is 27.8. The summed E-state index contributed by atoms with van der Waals surface area (Å²) >= 11 is 6.16. The summed E-state index contributed by atoms with van der Waals surface area (Å²) in [6.07, 6.45) is 0.849. The predicted molar refractivity (Wildman–Crippen MR) is 180 cm³/mol. The average molecular weight is 672 g/mol. The number of esters is 2. The zero-order valence-electron chi connectivity index (χ0n) is 27.0. The Kier molecular flexibility index (Phi) is 11.3. The number of carboxylic acid groups (broad SMARTS) is 1. The normalized spacial score (nSPS) is 10.6. The van der Waals surface area contributed by atoms with Gasteiger partial charge in [-0.05, 0) is 86.3 Å². The highest BCUT2D eigenvalue weighted by Gasteiger charge is 2.21. The molecule has 48 heavy (non-hydrogen) atoms. The first-order valence-corrected chi connectivity index (χ1v) is 15.2. The van der Waals surface area contributed by atoms with Crippen LogP contribution in [0.25, 0.3) is 11.3 Å². The van der Waals surface area contributed by atoms with Crippen molar-refractivity contribution in [2.45, 2.75) is 33.1 Å². The molecule has 0 bridgehead atoms. The summed E-state index contributed by atoms with van der Waals surface area (Å²) in [5.74, 6) is -2.88. The molecule has 4 rings (SSSR count). The maximum atomic E-state index is 13.6. The molecule has 248 valence electrons. The van der Waals surface area contributed by atoms with Gasteiger partial charge in [0.2, 0.25) is 0 Å². The van der Waals surface area contributed by atoms with Gasteiger partial charge in [0.25, 0.3) is 11.8 Å². The minimum absolute atomic E-state index is 0.0114. The molecule has 3 aromatic carbocycles. The monoisotopic (exact) mass is 671 g/mol. The Balaban J connectivity index is 1.50. The van der Waals surface area contributed by atoms with E-state index < -0.39 is 23.8 Å². The molecule has 0 saturated heterocycles. The molecule has 4 aromatic rings. The number of aryl methyl sites for hydroxylation is 3. The van der Waals surface area contributed by atoms with E-state index in [1.807, 2.05) is 0 Å². The van der Waals surface area contributed by atoms with Crippen molar-refractivity contribution >= 4 is 47.0 Å². The van der Waals surface area contributed by atoms with Crippen LogP contribution in [0.15, 0.2) is 66.7 Å². The van der Waals surface area contributed by atoms with Gasteiger partial charge in [0.15, 0.2) is 5.75 Å². The number of nitrogens with zero attached hydrogens (tertiary/aromatic N) is 2. The zero-order chi connectivity index (χ0) is 35.1. The first kappa shape index (κ1) is 35.3. The molecule has 0 spiro atoms. The van der Waals surface area contributed by atoms with E-state index >= 15 is 0 Å². The number of rotatable bonds is 11. The molecule has 0 aliphatic carbocycles. The molecule has 1 aromatic heterocycles. The SMILES string of the molecule is COC(=O)c1ccc(-c2nc(C)ccc2C(=O)Nc2ccc(CCCC(=O)Oc3c(C)cc(C(=O)O)cc3Cl)cc2C(=O)N(C)C)cc1. The Morgan fingerprint density at radius 2 is 1.60 bits per heavy atom. The lowest BCUT2D eigenvalue weighted by atomic mass is 10.0. The Morgan fingerprint density at radius 1 is 0.896 bits per heavy atom. The number of nitrogens with one attached hydrogen (secondary N) is 1. The van der Waals surface area contributed by atoms with Crippen LogP contribution in [0.1, 0.15) is 71.1 Å². The van der Waals surface area contributed by atoms with Crippen molar-refractivity contribution in [3.05, 3.63) is 111 Å². The highest BCUT2D eigenvalue weighted by molar-refractivity contribution is 6.32. The van der Waals surface area contributed by atoms with E-state index in [1.165, 1.54) is 24.1 Å². The molecule has 0 saturated carbocycles. The van der Waals surface area contributed by atoms with Gasteiger partial charge in [-0.15, -0.1) is 0 Å². The van der Waals surface area contributed by atoms with Gasteiger partial charge < -0.3 is 24.8 Å². The number of hydrogen-bond donors (Lipinski definition) is 2. The molecular formula is C36H34ClN3O8. The molecule has 2 amide bonds. The van der Waals surface area contributed by atoms with Gasteiger partial charge >= 0.3 is 17.9 Å². The van der Waals surface area contributed by atoms with Gasteiger partial charge in [-0.1, -0.05) is 29.8 Å². The van der Waals surface area contributed by atoms with Crippen LogP contribution in [-0.4, -0.2) is 65.9 Å². The van der Waals surface area contributed by atoms with E-state index in [0.717, 1.165) is 5.56 Å². The van der Waals surface area contributed by atoms with E-state index in [0.29, 0.717) is 46.6 Å². The van der Waals surface area contributed by atoms with Gasteiger partial charge in [0, 0.05) is 31.8 Å². The number of anilines is 1. The summed E-state index contributed by atoms with van der Waals surface area (Å²) in [4.78, 5) is 68.5. The van der Waals surface area contributed by atoms with Gasteiger partial charge in [0.1, 0.15) is 0 Å². The number of carboxylic acids is 1. The number of benzene rings is 3. The summed E-state index contributed by atoms with van der Waals surface area (Å²) in [7, 11) is 4.50. The molecule has 2 N–H and O–H groups in total. The summed E-state index contributed by atoms with van der Waals surface area (Å²) in [6, 6.07) is 17.6. The molecule has 0 radical (unpaired) electrons. The molecule has 0 aliphatic heterocycles. The lowest BCUT2D eigenvalue weighted by molar-refractivity contribution is -0.134. The molecular weight excluding hydrogens is 638 g/mol. The molecule has 11 nitrogen and oxygen atoms in total. The number of halogens is 1. The fourth-order valence-corrected chi connectivity index (χ4v) is 5.20. The second-order valence-electron chi connectivity index (χ2n) is 11.2. The molecule has 0 atom stereocenters. The highest BCUT2D eigenvalue weighted by Crippen LogP contribution is 2.31. The summed E-state index contributed by atoms with van der Waals surface area (Å²) in [5, 5.41) is 12.1. The molecule has 0 unspecified atom stereocenters. The smallest absolute Gasteiger partial charge is 0.337 e. The number of methoxy groups -OCH3 is 1. The lowest BCUT2D eigenvalue weighted by Gasteiger charge is -2.17. The van der Waals surface area contributed by atoms with Gasteiger partial charge in [-0.25, -0.2) is 9.59 Å². The van der Waals surface area contributed by atoms with Gasteiger partial charge in [-0.2, -0.15) is 0 Å². The third kappa shape index (κ3) is 8.42. The standard InChI is InChI=1S/C36H34ClN3O8/c1-20-17-25(35(44)45)19-28(37)32(20)48-30(41)8-6-7-22-10-16-29(27(18-22)34(43)40(3)4)39-33(42)26-15-9-21(2)38-31(26)23-11-13-24(14-12-23)36(46)47-5/h9-19H,6-8H2,1-5H3,(H,39,42)(H,44,45). The summed E-state index contributed by atoms with van der Waals surface area (Å²) in [5.41, 5.74) is 4.06. The molecule has 1 heterocycles. The number of amides is 2. The van der Waals surface area contributed by atoms with Crippen LogP contribution in [0.3, 0.4) is 0 Å². The Bertz CT molecular complexity index is 1880. The Labute approximate surface area is 282 Å². The fourth-order valence-electron chi connectivity index (χ4n) is 4.89. The number of carbonyl (C=O) groups excluding carboxylic acids is 4. The second kappa shape index (κ2) is 15.4. The van der Waals surface area contributed by atoms with E-state index in [-0.39, 0.29) is 39.8 Å². The van der Waals surface area contributed by atoms with Crippen LogP contribution in [-0.2, 0) is 16.0 Å². The summed E-state index contributed by atoms with van der Waals surface area (Å²) < 4.78 is 10.2. The topological polar surface area (TPSA) is 152 Å². The largest absolute Gasteiger partial charge is 0.478 e. The van der Waals surface area contributed by atoms with Crippen molar-refractivity contribution in [1.82, 2.24) is 9.88 Å². The number of aromatic carboxylic acids is 1. The van der Waals surface area contributed by atoms with E-state index in [2.05, 4.69) is 10.3 Å². The van der Waals surface area contributed by atoms with Crippen LogP contribution >= 0.6 is 11.6 Å². The van der Waals surface area contributed by atoms with Crippen LogP contribution in [0.4, 0.5) is 5.69 Å². The minimum atomic E-state index is -1.14. The highest BCUT2D eigenvalue weighted by atomic mass is 35.5. The van der Waals surface area contributed by atoms with Gasteiger partial charge in [-0.3, -0.25) is 19.4 Å². The van der Waals surface area contributed by atoms with Crippen molar-refractivity contribution in [2.24, 2.45) is 0 Å². The lowest BCUT2D eigenvalue weighted by Crippen LogP contribution is -2.24. The number of pyridine rings is 1. The maximum Gasteiger partial charge on any atom is 0.337 e. The minimum Gasteiger partial charge on any atom is -0.478 e. The molecule has 0 aliphatic rings. The first-order valence-electron chi connectivity index (χ1n) is 14.9. The van der Waals surface area contributed by atoms with Crippen molar-refractivity contribution in [2.75, 3.05) is 26.5 Å². The molecule has 12 heteroatoms. The van der Waals surface area contributed by atoms with E-state index in [1.54, 1.807) is 82.5 Å². The Hall–Kier alpha value is -5.55. The second-order valence-corrected chi connectivity index (χ2v) is 11.6. The maximum absolute atomic E-state index is 13.6. The number of hydrogen-bond acceptors (Lipinski definition) is 8. The van der Waals surface area contributed by atoms with Crippen molar-refractivity contribution in [3.63, 3.8) is 0 Å². The van der Waals surface area contributed by atoms with Crippen molar-refractivity contribution in [3.8, 4) is 17.0 Å². The van der Waals surface area contributed by atoms with E-state index in [9.17, 15) is 29.1 Å². The fraction of sp³-hybridized carbons (Fsp3) is 0.222. The van der Waals surface area contributed by atoms with Crippen LogP contribution in [0.2, 0.25) is 5.02 Å². The number of carbonyl (C=O) groups is 5. The average Bonchev–Trinajstić information content (AvgIpc) is 3.06. The van der Waals surface area contributed by atoms with Crippen LogP contribution in [0, 0.1) is 13.8 Å². The Morgan fingerprint density at radius 3 is 2.23 bits per heavy atom. The van der Waals surface area contributed by atoms with E-state index in [4.69, 9.17) is 21.1 Å². The predicted octanol–water partition coefficient (Wildman–Crippen LogP) is 6.39. The quantitative estimate of drug-likeness (QED) is 0.137. The first-order chi connectivity index (χ1) is 22.8. The number of aromatic nitrogens is 1.